The summed E-state index contributed by atoms with van der Waals surface area (Å²) in [6, 6.07) is 14.4. The molecule has 3 saturated heterocycles. The highest BCUT2D eigenvalue weighted by atomic mass is 32.2. The van der Waals surface area contributed by atoms with Crippen molar-refractivity contribution in [3.63, 3.8) is 0 Å². The number of nitrogens with zero attached hydrogens (tertiary/aromatic N) is 3. The highest BCUT2D eigenvalue weighted by Gasteiger charge is 2.55. The van der Waals surface area contributed by atoms with Gasteiger partial charge in [-0.25, -0.2) is 0 Å². The predicted octanol–water partition coefficient (Wildman–Crippen LogP) is 3.09. The molecule has 3 heterocycles. The number of piperazine rings is 1. The molecule has 6 atom stereocenters. The zero-order valence-corrected chi connectivity index (χ0v) is 31.7. The van der Waals surface area contributed by atoms with Crippen LogP contribution < -0.4 is 16.0 Å². The highest BCUT2D eigenvalue weighted by molar-refractivity contribution is 7.99. The van der Waals surface area contributed by atoms with Gasteiger partial charge in [-0.15, -0.1) is 11.8 Å². The molecule has 2 aliphatic carbocycles. The molecule has 4 amide bonds. The van der Waals surface area contributed by atoms with Crippen molar-refractivity contribution in [2.75, 3.05) is 39.0 Å². The number of amides is 4. The van der Waals surface area contributed by atoms with E-state index in [9.17, 15) is 19.2 Å². The van der Waals surface area contributed by atoms with Gasteiger partial charge in [-0.05, 0) is 79.5 Å². The predicted molar refractivity (Wildman–Crippen MR) is 203 cm³/mol. The Balaban J connectivity index is 1.05. The normalized spacial score (nSPS) is 27.6. The third-order valence-corrected chi connectivity index (χ3v) is 13.6. The molecule has 0 radical (unpaired) electrons. The Bertz CT molecular complexity index is 1680. The Morgan fingerprint density at radius 3 is 2.14 bits per heavy atom. The van der Waals surface area contributed by atoms with Gasteiger partial charge in [-0.2, -0.15) is 0 Å². The minimum Gasteiger partial charge on any atom is -0.367 e. The summed E-state index contributed by atoms with van der Waals surface area (Å²) in [5.41, 5.74) is 4.05. The van der Waals surface area contributed by atoms with E-state index in [1.54, 1.807) is 16.7 Å². The summed E-state index contributed by atoms with van der Waals surface area (Å²) >= 11 is 7.32. The second-order valence-electron chi connectivity index (χ2n) is 15.5. The quantitative estimate of drug-likeness (QED) is 0.373. The summed E-state index contributed by atoms with van der Waals surface area (Å²) in [5, 5.41) is 9.63. The van der Waals surface area contributed by atoms with Crippen molar-refractivity contribution < 1.29 is 19.2 Å². The van der Waals surface area contributed by atoms with Crippen LogP contribution in [0.3, 0.4) is 0 Å². The monoisotopic (exact) mass is 730 g/mol. The van der Waals surface area contributed by atoms with Gasteiger partial charge in [0.05, 0.1) is 28.4 Å². The largest absolute Gasteiger partial charge is 0.367 e. The zero-order valence-electron chi connectivity index (χ0n) is 30.0. The molecule has 5 aliphatic rings. The Morgan fingerprint density at radius 1 is 0.882 bits per heavy atom. The SMILES string of the molecule is CN[C@@H](C)C(=S)N[C@H]1CCS[C@H]2CC(C)(C)[C@@H](C(=O)N[C@H]3c4ccccc4C[C@H]3C(=O)N3CCN(C(=O)C4Cc5ccccc5C4)CC3)N2C1=O. The van der Waals surface area contributed by atoms with Gasteiger partial charge in [0, 0.05) is 32.1 Å². The molecule has 2 aromatic carbocycles. The molecule has 3 aliphatic heterocycles. The second-order valence-corrected chi connectivity index (χ2v) is 17.3. The molecule has 272 valence electrons. The van der Waals surface area contributed by atoms with Crippen LogP contribution in [0, 0.1) is 17.3 Å². The molecule has 12 heteroatoms. The first kappa shape index (κ1) is 35.9. The van der Waals surface area contributed by atoms with Gasteiger partial charge in [-0.1, -0.05) is 74.6 Å². The number of fused-ring (bicyclic) bond motifs is 3. The van der Waals surface area contributed by atoms with Gasteiger partial charge >= 0.3 is 0 Å². The van der Waals surface area contributed by atoms with E-state index in [0.717, 1.165) is 29.7 Å². The van der Waals surface area contributed by atoms with Crippen LogP contribution in [0.2, 0.25) is 0 Å². The van der Waals surface area contributed by atoms with Crippen LogP contribution in [-0.4, -0.2) is 106 Å². The van der Waals surface area contributed by atoms with E-state index in [-0.39, 0.29) is 41.0 Å². The summed E-state index contributed by atoms with van der Waals surface area (Å²) in [7, 11) is 1.83. The lowest BCUT2D eigenvalue weighted by atomic mass is 9.83. The van der Waals surface area contributed by atoms with Crippen molar-refractivity contribution in [3.8, 4) is 0 Å². The number of rotatable bonds is 7. The summed E-state index contributed by atoms with van der Waals surface area (Å²) in [6.07, 6.45) is 3.40. The van der Waals surface area contributed by atoms with Crippen LogP contribution in [0.4, 0.5) is 0 Å². The highest BCUT2D eigenvalue weighted by Crippen LogP contribution is 2.47. The van der Waals surface area contributed by atoms with E-state index >= 15 is 0 Å². The Morgan fingerprint density at radius 2 is 1.49 bits per heavy atom. The molecule has 0 bridgehead atoms. The van der Waals surface area contributed by atoms with Crippen molar-refractivity contribution in [1.82, 2.24) is 30.7 Å². The average molecular weight is 731 g/mol. The topological polar surface area (TPSA) is 114 Å². The van der Waals surface area contributed by atoms with Crippen LogP contribution in [0.15, 0.2) is 48.5 Å². The molecule has 7 rings (SSSR count). The smallest absolute Gasteiger partial charge is 0.246 e. The van der Waals surface area contributed by atoms with Crippen molar-refractivity contribution in [2.24, 2.45) is 17.3 Å². The molecule has 0 saturated carbocycles. The summed E-state index contributed by atoms with van der Waals surface area (Å²) in [6.45, 7) is 8.03. The third kappa shape index (κ3) is 6.91. The standard InChI is InChI=1S/C39H50N6O4S2/c1-23(40-4)35(50)41-30-13-18-51-31-22-39(2,3)33(45(31)38(30)49)34(46)42-32-28-12-8-7-11-26(28)21-29(32)37(48)44-16-14-43(15-17-44)36(47)27-19-24-9-5-6-10-25(24)20-27/h5-12,23,27,29-33,40H,13-22H2,1-4H3,(H,41,50)(H,42,46)/t23-,29+,30-,31-,32-,33+/m0/s1. The summed E-state index contributed by atoms with van der Waals surface area (Å²) in [4.78, 5) is 62.8. The fraction of sp³-hybridized carbons (Fsp3) is 0.564. The number of thiocarbonyl (C=S) groups is 1. The molecule has 0 unspecified atom stereocenters. The average Bonchev–Trinajstić information content (AvgIpc) is 3.78. The molecule has 0 spiro atoms. The number of carbonyl (C=O) groups is 4. The lowest BCUT2D eigenvalue weighted by molar-refractivity contribution is -0.145. The van der Waals surface area contributed by atoms with Crippen LogP contribution in [0.1, 0.15) is 61.9 Å². The molecule has 0 aromatic heterocycles. The molecular formula is C39H50N6O4S2. The lowest BCUT2D eigenvalue weighted by Gasteiger charge is -2.38. The molecule has 3 fully saturated rings. The molecule has 10 nitrogen and oxygen atoms in total. The number of benzene rings is 2. The lowest BCUT2D eigenvalue weighted by Crippen LogP contribution is -2.58. The maximum atomic E-state index is 14.6. The fourth-order valence-corrected chi connectivity index (χ4v) is 10.7. The number of hydrogen-bond acceptors (Lipinski definition) is 7. The Hall–Kier alpha value is -3.48. The second kappa shape index (κ2) is 14.5. The van der Waals surface area contributed by atoms with Crippen molar-refractivity contribution in [3.05, 3.63) is 70.8 Å². The van der Waals surface area contributed by atoms with Crippen LogP contribution in [0.5, 0.6) is 0 Å². The fourth-order valence-electron chi connectivity index (χ4n) is 8.89. The maximum absolute atomic E-state index is 14.6. The summed E-state index contributed by atoms with van der Waals surface area (Å²) < 4.78 is 0. The molecule has 51 heavy (non-hydrogen) atoms. The van der Waals surface area contributed by atoms with Gasteiger partial charge in [-0.3, -0.25) is 19.2 Å². The number of likely N-dealkylation sites (N-methyl/N-ethyl adjacent to an activating group) is 1. The molecular weight excluding hydrogens is 681 g/mol. The molecule has 3 N–H and O–H groups in total. The van der Waals surface area contributed by atoms with E-state index in [1.165, 1.54) is 11.1 Å². The van der Waals surface area contributed by atoms with Gasteiger partial charge in [0.1, 0.15) is 12.1 Å². The number of thioether (sulfide) groups is 1. The first-order chi connectivity index (χ1) is 24.5. The third-order valence-electron chi connectivity index (χ3n) is 11.8. The minimum atomic E-state index is -0.694. The Labute approximate surface area is 310 Å². The number of hydrogen-bond donors (Lipinski definition) is 3. The van der Waals surface area contributed by atoms with Gasteiger partial charge in [0.25, 0.3) is 0 Å². The molecule has 2 aromatic rings. The maximum Gasteiger partial charge on any atom is 0.246 e. The van der Waals surface area contributed by atoms with E-state index in [2.05, 4.69) is 41.9 Å². The van der Waals surface area contributed by atoms with Crippen LogP contribution >= 0.6 is 24.0 Å². The Kier molecular flexibility index (Phi) is 10.2. The van der Waals surface area contributed by atoms with Crippen molar-refractivity contribution in [1.29, 1.82) is 0 Å². The van der Waals surface area contributed by atoms with Gasteiger partial charge < -0.3 is 30.7 Å². The van der Waals surface area contributed by atoms with E-state index in [1.807, 2.05) is 60.2 Å². The number of nitrogens with one attached hydrogen (secondary N) is 3. The van der Waals surface area contributed by atoms with Crippen molar-refractivity contribution in [2.45, 2.75) is 82.4 Å². The van der Waals surface area contributed by atoms with E-state index in [4.69, 9.17) is 12.2 Å². The van der Waals surface area contributed by atoms with Crippen molar-refractivity contribution >= 4 is 52.6 Å². The van der Waals surface area contributed by atoms with Gasteiger partial charge in [0.2, 0.25) is 23.6 Å². The van der Waals surface area contributed by atoms with Crippen LogP contribution in [0.25, 0.3) is 0 Å². The van der Waals surface area contributed by atoms with Gasteiger partial charge in [0.15, 0.2) is 0 Å². The van der Waals surface area contributed by atoms with E-state index in [0.29, 0.717) is 50.4 Å². The van der Waals surface area contributed by atoms with E-state index < -0.39 is 29.5 Å². The minimum absolute atomic E-state index is 0.00161. The van der Waals surface area contributed by atoms with Crippen LogP contribution in [-0.2, 0) is 38.4 Å². The zero-order chi connectivity index (χ0) is 36.0. The number of carbonyl (C=O) groups excluding carboxylic acids is 4. The first-order valence-corrected chi connectivity index (χ1v) is 19.9. The summed E-state index contributed by atoms with van der Waals surface area (Å²) in [5.74, 6) is 0.116. The first-order valence-electron chi connectivity index (χ1n) is 18.4.